The van der Waals surface area contributed by atoms with E-state index in [2.05, 4.69) is 15.0 Å². The zero-order chi connectivity index (χ0) is 14.4. The SMILES string of the molecule is FC(F)(F)OCCNc1ccc(N2CCCCC2)cc1. The minimum Gasteiger partial charge on any atom is -0.383 e. The maximum absolute atomic E-state index is 11.8. The van der Waals surface area contributed by atoms with Crippen LogP contribution in [0.1, 0.15) is 19.3 Å². The van der Waals surface area contributed by atoms with Crippen LogP contribution < -0.4 is 10.2 Å². The van der Waals surface area contributed by atoms with Gasteiger partial charge in [0.25, 0.3) is 0 Å². The molecule has 0 aliphatic carbocycles. The standard InChI is InChI=1S/C14H19F3N2O/c15-14(16,17)20-11-8-18-12-4-6-13(7-5-12)19-9-2-1-3-10-19/h4-7,18H,1-3,8-11H2. The van der Waals surface area contributed by atoms with Crippen LogP contribution in [0.5, 0.6) is 0 Å². The molecule has 0 saturated carbocycles. The molecule has 1 N–H and O–H groups in total. The second-order valence-electron chi connectivity index (χ2n) is 4.82. The lowest BCUT2D eigenvalue weighted by molar-refractivity contribution is -0.322. The van der Waals surface area contributed by atoms with Crippen molar-refractivity contribution in [2.75, 3.05) is 36.5 Å². The van der Waals surface area contributed by atoms with Crippen molar-refractivity contribution < 1.29 is 17.9 Å². The van der Waals surface area contributed by atoms with E-state index in [4.69, 9.17) is 0 Å². The molecule has 20 heavy (non-hydrogen) atoms. The third-order valence-corrected chi connectivity index (χ3v) is 3.29. The number of anilines is 2. The number of rotatable bonds is 5. The van der Waals surface area contributed by atoms with Gasteiger partial charge in [-0.2, -0.15) is 0 Å². The van der Waals surface area contributed by atoms with E-state index in [-0.39, 0.29) is 6.54 Å². The Hall–Kier alpha value is -1.43. The van der Waals surface area contributed by atoms with Gasteiger partial charge in [-0.1, -0.05) is 0 Å². The Bertz CT molecular complexity index is 400. The summed E-state index contributed by atoms with van der Waals surface area (Å²) >= 11 is 0. The fraction of sp³-hybridized carbons (Fsp3) is 0.571. The molecule has 1 saturated heterocycles. The minimum absolute atomic E-state index is 0.128. The van der Waals surface area contributed by atoms with Crippen molar-refractivity contribution in [1.82, 2.24) is 0 Å². The van der Waals surface area contributed by atoms with Crippen molar-refractivity contribution in [2.24, 2.45) is 0 Å². The molecular formula is C14H19F3N2O. The summed E-state index contributed by atoms with van der Waals surface area (Å²) in [6.45, 7) is 1.89. The molecule has 0 bridgehead atoms. The van der Waals surface area contributed by atoms with Crippen molar-refractivity contribution in [1.29, 1.82) is 0 Å². The number of nitrogens with one attached hydrogen (secondary N) is 1. The predicted molar refractivity (Wildman–Crippen MR) is 73.0 cm³/mol. The van der Waals surface area contributed by atoms with Gasteiger partial charge in [-0.15, -0.1) is 13.2 Å². The minimum atomic E-state index is -4.56. The highest BCUT2D eigenvalue weighted by molar-refractivity contribution is 5.55. The molecule has 1 heterocycles. The Morgan fingerprint density at radius 1 is 1.05 bits per heavy atom. The predicted octanol–water partition coefficient (Wildman–Crippen LogP) is 3.63. The summed E-state index contributed by atoms with van der Waals surface area (Å²) in [5.41, 5.74) is 1.97. The Balaban J connectivity index is 1.76. The molecule has 2 rings (SSSR count). The van der Waals surface area contributed by atoms with Crippen LogP contribution >= 0.6 is 0 Å². The van der Waals surface area contributed by atoms with Gasteiger partial charge in [-0.3, -0.25) is 4.74 Å². The number of piperidine rings is 1. The number of hydrogen-bond acceptors (Lipinski definition) is 3. The molecular weight excluding hydrogens is 269 g/mol. The monoisotopic (exact) mass is 288 g/mol. The van der Waals surface area contributed by atoms with E-state index < -0.39 is 13.0 Å². The topological polar surface area (TPSA) is 24.5 Å². The Kier molecular flexibility index (Phi) is 5.11. The van der Waals surface area contributed by atoms with Crippen LogP contribution in [0, 0.1) is 0 Å². The molecule has 0 aromatic heterocycles. The molecule has 112 valence electrons. The largest absolute Gasteiger partial charge is 0.522 e. The van der Waals surface area contributed by atoms with Crippen molar-refractivity contribution >= 4 is 11.4 Å². The Morgan fingerprint density at radius 3 is 2.30 bits per heavy atom. The lowest BCUT2D eigenvalue weighted by Crippen LogP contribution is -2.29. The highest BCUT2D eigenvalue weighted by Crippen LogP contribution is 2.21. The fourth-order valence-electron chi connectivity index (χ4n) is 2.30. The first-order valence-electron chi connectivity index (χ1n) is 6.84. The maximum atomic E-state index is 11.8. The second kappa shape index (κ2) is 6.83. The maximum Gasteiger partial charge on any atom is 0.522 e. The van der Waals surface area contributed by atoms with Gasteiger partial charge in [0.15, 0.2) is 0 Å². The summed E-state index contributed by atoms with van der Waals surface area (Å²) in [5, 5.41) is 2.90. The van der Waals surface area contributed by atoms with Gasteiger partial charge in [-0.05, 0) is 43.5 Å². The van der Waals surface area contributed by atoms with E-state index in [1.807, 2.05) is 24.3 Å². The molecule has 0 unspecified atom stereocenters. The third kappa shape index (κ3) is 4.92. The van der Waals surface area contributed by atoms with Crippen molar-refractivity contribution in [3.8, 4) is 0 Å². The van der Waals surface area contributed by atoms with Gasteiger partial charge in [0.2, 0.25) is 0 Å². The summed E-state index contributed by atoms with van der Waals surface area (Å²) in [6.07, 6.45) is -0.835. The molecule has 0 spiro atoms. The lowest BCUT2D eigenvalue weighted by atomic mass is 10.1. The Morgan fingerprint density at radius 2 is 1.70 bits per heavy atom. The molecule has 1 aromatic rings. The summed E-state index contributed by atoms with van der Waals surface area (Å²) in [6, 6.07) is 7.77. The van der Waals surface area contributed by atoms with Crippen LogP contribution in [-0.4, -0.2) is 32.6 Å². The highest BCUT2D eigenvalue weighted by atomic mass is 19.4. The molecule has 0 atom stereocenters. The van der Waals surface area contributed by atoms with E-state index in [1.165, 1.54) is 24.9 Å². The molecule has 1 aliphatic heterocycles. The average molecular weight is 288 g/mol. The first-order valence-corrected chi connectivity index (χ1v) is 6.84. The molecule has 0 radical (unpaired) electrons. The van der Waals surface area contributed by atoms with Crippen LogP contribution in [-0.2, 0) is 4.74 Å². The number of nitrogens with zero attached hydrogens (tertiary/aromatic N) is 1. The van der Waals surface area contributed by atoms with Crippen LogP contribution in [0.25, 0.3) is 0 Å². The summed E-state index contributed by atoms with van der Waals surface area (Å²) < 4.78 is 39.1. The Labute approximate surface area is 116 Å². The quantitative estimate of drug-likeness (QED) is 0.837. The van der Waals surface area contributed by atoms with Gasteiger partial charge >= 0.3 is 6.36 Å². The molecule has 1 aliphatic rings. The summed E-state index contributed by atoms with van der Waals surface area (Å²) in [7, 11) is 0. The second-order valence-corrected chi connectivity index (χ2v) is 4.82. The third-order valence-electron chi connectivity index (χ3n) is 3.29. The number of hydrogen-bond donors (Lipinski definition) is 1. The van der Waals surface area contributed by atoms with Crippen LogP contribution in [0.15, 0.2) is 24.3 Å². The summed E-state index contributed by atoms with van der Waals surface area (Å²) in [5.74, 6) is 0. The van der Waals surface area contributed by atoms with E-state index in [1.54, 1.807) is 0 Å². The van der Waals surface area contributed by atoms with E-state index in [0.717, 1.165) is 18.8 Å². The smallest absolute Gasteiger partial charge is 0.383 e. The van der Waals surface area contributed by atoms with Gasteiger partial charge < -0.3 is 10.2 Å². The first-order chi connectivity index (χ1) is 9.54. The highest BCUT2D eigenvalue weighted by Gasteiger charge is 2.28. The molecule has 1 fully saturated rings. The number of benzene rings is 1. The van der Waals surface area contributed by atoms with E-state index in [9.17, 15) is 13.2 Å². The lowest BCUT2D eigenvalue weighted by Gasteiger charge is -2.28. The zero-order valence-corrected chi connectivity index (χ0v) is 11.2. The van der Waals surface area contributed by atoms with Gasteiger partial charge in [-0.25, -0.2) is 0 Å². The van der Waals surface area contributed by atoms with E-state index >= 15 is 0 Å². The van der Waals surface area contributed by atoms with Gasteiger partial charge in [0.1, 0.15) is 0 Å². The molecule has 6 heteroatoms. The normalized spacial score (nSPS) is 16.2. The first kappa shape index (κ1) is 15.0. The van der Waals surface area contributed by atoms with Crippen LogP contribution in [0.2, 0.25) is 0 Å². The molecule has 1 aromatic carbocycles. The zero-order valence-electron chi connectivity index (χ0n) is 11.2. The molecule has 0 amide bonds. The van der Waals surface area contributed by atoms with Crippen LogP contribution in [0.4, 0.5) is 24.5 Å². The van der Waals surface area contributed by atoms with Gasteiger partial charge in [0, 0.05) is 31.0 Å². The average Bonchev–Trinajstić information content (AvgIpc) is 2.44. The number of ether oxygens (including phenoxy) is 1. The molecule has 3 nitrogen and oxygen atoms in total. The van der Waals surface area contributed by atoms with Crippen molar-refractivity contribution in [3.05, 3.63) is 24.3 Å². The van der Waals surface area contributed by atoms with Crippen LogP contribution in [0.3, 0.4) is 0 Å². The van der Waals surface area contributed by atoms with Gasteiger partial charge in [0.05, 0.1) is 6.61 Å². The summed E-state index contributed by atoms with van der Waals surface area (Å²) in [4.78, 5) is 2.33. The number of alkyl halides is 3. The van der Waals surface area contributed by atoms with Crippen molar-refractivity contribution in [2.45, 2.75) is 25.6 Å². The fourth-order valence-corrected chi connectivity index (χ4v) is 2.30. The van der Waals surface area contributed by atoms with E-state index in [0.29, 0.717) is 0 Å². The van der Waals surface area contributed by atoms with Crippen molar-refractivity contribution in [3.63, 3.8) is 0 Å². The number of halogens is 3.